The van der Waals surface area contributed by atoms with E-state index in [-0.39, 0.29) is 11.9 Å². The number of hydrogen-bond acceptors (Lipinski definition) is 4. The Bertz CT molecular complexity index is 1440. The Balaban J connectivity index is 1.57. The van der Waals surface area contributed by atoms with Gasteiger partial charge in [-0.05, 0) is 28.7 Å². The first kappa shape index (κ1) is 22.3. The summed E-state index contributed by atoms with van der Waals surface area (Å²) in [5, 5.41) is 8.07. The van der Waals surface area contributed by atoms with Gasteiger partial charge in [0.25, 0.3) is 5.91 Å². The average molecular weight is 461 g/mol. The number of hydrazone groups is 1. The van der Waals surface area contributed by atoms with Gasteiger partial charge >= 0.3 is 5.97 Å². The second kappa shape index (κ2) is 9.77. The van der Waals surface area contributed by atoms with E-state index in [4.69, 9.17) is 9.84 Å². The van der Waals surface area contributed by atoms with E-state index < -0.39 is 5.97 Å². The predicted octanol–water partition coefficient (Wildman–Crippen LogP) is 6.16. The Labute approximate surface area is 204 Å². The van der Waals surface area contributed by atoms with Crippen LogP contribution in [0.4, 0.5) is 0 Å². The summed E-state index contributed by atoms with van der Waals surface area (Å²) in [5.74, 6) is -0.151. The van der Waals surface area contributed by atoms with Crippen LogP contribution < -0.4 is 4.74 Å². The molecule has 0 N–H and O–H groups in total. The van der Waals surface area contributed by atoms with Crippen LogP contribution in [0.2, 0.25) is 0 Å². The summed E-state index contributed by atoms with van der Waals surface area (Å²) in [6, 6.07) is 30.9. The number of hydrogen-bond donors (Lipinski definition) is 0. The maximum atomic E-state index is 13.3. The molecule has 0 unspecified atom stereocenters. The van der Waals surface area contributed by atoms with Gasteiger partial charge in [0, 0.05) is 30.4 Å². The highest BCUT2D eigenvalue weighted by Crippen LogP contribution is 2.38. The zero-order valence-electron chi connectivity index (χ0n) is 19.3. The third-order valence-corrected chi connectivity index (χ3v) is 5.97. The topological polar surface area (TPSA) is 59.0 Å². The second-order valence-electron chi connectivity index (χ2n) is 8.36. The summed E-state index contributed by atoms with van der Waals surface area (Å²) in [6.45, 7) is 1.39. The van der Waals surface area contributed by atoms with Crippen molar-refractivity contribution in [3.05, 3.63) is 120 Å². The molecule has 0 fully saturated rings. The van der Waals surface area contributed by atoms with Crippen LogP contribution in [0.15, 0.2) is 108 Å². The third kappa shape index (κ3) is 4.75. The van der Waals surface area contributed by atoms with E-state index in [1.807, 2.05) is 97.1 Å². The van der Waals surface area contributed by atoms with Gasteiger partial charge in [-0.25, -0.2) is 5.01 Å². The maximum absolute atomic E-state index is 13.3. The molecule has 4 aromatic rings. The van der Waals surface area contributed by atoms with Crippen LogP contribution in [0.3, 0.4) is 0 Å². The molecular weight excluding hydrogens is 436 g/mol. The van der Waals surface area contributed by atoms with Crippen molar-refractivity contribution in [1.82, 2.24) is 5.01 Å². The van der Waals surface area contributed by atoms with E-state index in [0.29, 0.717) is 23.4 Å². The van der Waals surface area contributed by atoms with Crippen LogP contribution >= 0.6 is 0 Å². The fourth-order valence-electron chi connectivity index (χ4n) is 4.34. The minimum atomic E-state index is -0.403. The summed E-state index contributed by atoms with van der Waals surface area (Å²) >= 11 is 0. The minimum absolute atomic E-state index is 0.215. The molecule has 1 amide bonds. The molecule has 0 bridgehead atoms. The van der Waals surface area contributed by atoms with E-state index >= 15 is 0 Å². The van der Waals surface area contributed by atoms with Crippen LogP contribution in [0, 0.1) is 0 Å². The summed E-state index contributed by atoms with van der Waals surface area (Å²) in [6.07, 6.45) is 3.84. The second-order valence-corrected chi connectivity index (χ2v) is 8.36. The Hall–Kier alpha value is -4.51. The van der Waals surface area contributed by atoms with Crippen molar-refractivity contribution in [2.75, 3.05) is 0 Å². The molecule has 0 saturated heterocycles. The highest BCUT2D eigenvalue weighted by molar-refractivity contribution is 6.10. The van der Waals surface area contributed by atoms with Gasteiger partial charge in [-0.1, -0.05) is 91.0 Å². The molecule has 1 aliphatic heterocycles. The molecule has 172 valence electrons. The molecule has 0 radical (unpaired) electrons. The first-order chi connectivity index (χ1) is 17.1. The predicted molar refractivity (Wildman–Crippen MR) is 138 cm³/mol. The zero-order valence-corrected chi connectivity index (χ0v) is 19.3. The van der Waals surface area contributed by atoms with Crippen molar-refractivity contribution in [2.24, 2.45) is 5.10 Å². The Morgan fingerprint density at radius 1 is 0.886 bits per heavy atom. The van der Waals surface area contributed by atoms with Crippen molar-refractivity contribution in [3.63, 3.8) is 0 Å². The molecule has 5 nitrogen and oxygen atoms in total. The molecule has 1 atom stereocenters. The molecule has 0 aromatic heterocycles. The van der Waals surface area contributed by atoms with Gasteiger partial charge in [-0.15, -0.1) is 0 Å². The Kier molecular flexibility index (Phi) is 6.22. The normalized spacial score (nSPS) is 15.4. The van der Waals surface area contributed by atoms with Gasteiger partial charge in [0.1, 0.15) is 5.75 Å². The molecule has 0 saturated carbocycles. The Morgan fingerprint density at radius 3 is 2.31 bits per heavy atom. The van der Waals surface area contributed by atoms with Crippen LogP contribution in [-0.2, 0) is 9.59 Å². The number of benzene rings is 4. The van der Waals surface area contributed by atoms with Crippen LogP contribution in [0.5, 0.6) is 5.75 Å². The van der Waals surface area contributed by atoms with Gasteiger partial charge in [-0.3, -0.25) is 9.59 Å². The van der Waals surface area contributed by atoms with Gasteiger partial charge in [0.2, 0.25) is 0 Å². The van der Waals surface area contributed by atoms with E-state index in [1.165, 1.54) is 11.9 Å². The van der Waals surface area contributed by atoms with Crippen molar-refractivity contribution in [1.29, 1.82) is 0 Å². The molecule has 4 aromatic carbocycles. The standard InChI is InChI=1S/C30H24N2O3/c1-21(33)35-30-25-15-9-8-12-23(25)17-18-26(30)27-20-28(24-13-6-3-7-14-24)32(31-27)29(34)19-16-22-10-4-2-5-11-22/h2-19,28H,20H2,1H3/b19-16+/t28-/m0/s1. The number of fused-ring (bicyclic) bond motifs is 1. The molecule has 5 rings (SSSR count). The number of amides is 1. The monoisotopic (exact) mass is 460 g/mol. The lowest BCUT2D eigenvalue weighted by Gasteiger charge is -2.20. The minimum Gasteiger partial charge on any atom is -0.425 e. The maximum Gasteiger partial charge on any atom is 0.308 e. The van der Waals surface area contributed by atoms with E-state index in [0.717, 1.165) is 21.9 Å². The molecule has 1 heterocycles. The number of carbonyl (C=O) groups is 2. The number of nitrogens with zero attached hydrogens (tertiary/aromatic N) is 2. The van der Waals surface area contributed by atoms with Gasteiger partial charge in [0.15, 0.2) is 0 Å². The Morgan fingerprint density at radius 2 is 1.57 bits per heavy atom. The average Bonchev–Trinajstić information content (AvgIpc) is 3.34. The highest BCUT2D eigenvalue weighted by Gasteiger charge is 2.33. The summed E-state index contributed by atoms with van der Waals surface area (Å²) in [5.41, 5.74) is 3.33. The molecule has 35 heavy (non-hydrogen) atoms. The van der Waals surface area contributed by atoms with E-state index in [1.54, 1.807) is 12.2 Å². The van der Waals surface area contributed by atoms with Gasteiger partial charge < -0.3 is 4.74 Å². The lowest BCUT2D eigenvalue weighted by molar-refractivity contribution is -0.132. The van der Waals surface area contributed by atoms with Crippen molar-refractivity contribution in [2.45, 2.75) is 19.4 Å². The summed E-state index contributed by atoms with van der Waals surface area (Å²) in [4.78, 5) is 25.3. The number of ether oxygens (including phenoxy) is 1. The smallest absolute Gasteiger partial charge is 0.308 e. The van der Waals surface area contributed by atoms with Crippen LogP contribution in [-0.4, -0.2) is 22.6 Å². The lowest BCUT2D eigenvalue weighted by atomic mass is 9.96. The first-order valence-electron chi connectivity index (χ1n) is 11.5. The molecule has 0 aliphatic carbocycles. The quantitative estimate of drug-likeness (QED) is 0.204. The van der Waals surface area contributed by atoms with Crippen LogP contribution in [0.25, 0.3) is 16.8 Å². The number of rotatable bonds is 5. The number of carbonyl (C=O) groups excluding carboxylic acids is 2. The van der Waals surface area contributed by atoms with Crippen LogP contribution in [0.1, 0.15) is 36.1 Å². The van der Waals surface area contributed by atoms with Gasteiger partial charge in [-0.2, -0.15) is 5.10 Å². The van der Waals surface area contributed by atoms with Crippen molar-refractivity contribution >= 4 is 34.4 Å². The molecule has 0 spiro atoms. The van der Waals surface area contributed by atoms with Gasteiger partial charge in [0.05, 0.1) is 11.8 Å². The largest absolute Gasteiger partial charge is 0.425 e. The fourth-order valence-corrected chi connectivity index (χ4v) is 4.34. The lowest BCUT2D eigenvalue weighted by Crippen LogP contribution is -2.25. The molecule has 5 heteroatoms. The zero-order chi connectivity index (χ0) is 24.2. The van der Waals surface area contributed by atoms with E-state index in [9.17, 15) is 9.59 Å². The fraction of sp³-hybridized carbons (Fsp3) is 0.100. The summed E-state index contributed by atoms with van der Waals surface area (Å²) < 4.78 is 5.68. The summed E-state index contributed by atoms with van der Waals surface area (Å²) in [7, 11) is 0. The molecule has 1 aliphatic rings. The van der Waals surface area contributed by atoms with Crippen molar-refractivity contribution < 1.29 is 14.3 Å². The highest BCUT2D eigenvalue weighted by atomic mass is 16.5. The van der Waals surface area contributed by atoms with Crippen molar-refractivity contribution in [3.8, 4) is 5.75 Å². The molecular formula is C30H24N2O3. The van der Waals surface area contributed by atoms with E-state index in [2.05, 4.69) is 0 Å². The first-order valence-corrected chi connectivity index (χ1v) is 11.5. The SMILES string of the molecule is CC(=O)Oc1c(C2=NN(C(=O)/C=C/c3ccccc3)[C@H](c3ccccc3)C2)ccc2ccccc12. The number of esters is 1. The third-order valence-electron chi connectivity index (χ3n) is 5.97.